The van der Waals surface area contributed by atoms with Crippen LogP contribution in [0.15, 0.2) is 18.2 Å². The number of nitrogens with zero attached hydrogens (tertiary/aromatic N) is 1. The first-order chi connectivity index (χ1) is 7.68. The zero-order valence-corrected chi connectivity index (χ0v) is 9.11. The molecule has 1 aromatic carbocycles. The van der Waals surface area contributed by atoms with Gasteiger partial charge in [0.1, 0.15) is 0 Å². The Morgan fingerprint density at radius 3 is 2.56 bits per heavy atom. The molecule has 0 amide bonds. The van der Waals surface area contributed by atoms with Crippen LogP contribution in [0.25, 0.3) is 0 Å². The van der Waals surface area contributed by atoms with E-state index in [4.69, 9.17) is 0 Å². The summed E-state index contributed by atoms with van der Waals surface area (Å²) in [5.74, 6) is -1.82. The van der Waals surface area contributed by atoms with Gasteiger partial charge in [-0.25, -0.2) is 4.90 Å². The maximum absolute atomic E-state index is 10.2. The number of piperazine rings is 1. The van der Waals surface area contributed by atoms with E-state index in [9.17, 15) is 10.2 Å². The third kappa shape index (κ3) is 1.64. The molecule has 3 N–H and O–H groups in total. The quantitative estimate of drug-likeness (QED) is 0.602. The van der Waals surface area contributed by atoms with E-state index in [1.807, 2.05) is 18.2 Å². The molecule has 1 aliphatic heterocycles. The molecule has 4 nitrogen and oxygen atoms in total. The molecular weight excluding hydrogens is 204 g/mol. The summed E-state index contributed by atoms with van der Waals surface area (Å²) in [7, 11) is 0. The van der Waals surface area contributed by atoms with Crippen LogP contribution >= 0.6 is 0 Å². The average Bonchev–Trinajstić information content (AvgIpc) is 3.08. The van der Waals surface area contributed by atoms with Crippen molar-refractivity contribution >= 4 is 0 Å². The molecule has 4 heteroatoms. The second-order valence-electron chi connectivity index (χ2n) is 4.53. The van der Waals surface area contributed by atoms with Crippen molar-refractivity contribution in [3.05, 3.63) is 34.9 Å². The maximum atomic E-state index is 10.2. The molecule has 1 heterocycles. The van der Waals surface area contributed by atoms with Gasteiger partial charge < -0.3 is 15.5 Å². The summed E-state index contributed by atoms with van der Waals surface area (Å²) in [6.45, 7) is 2.91. The fraction of sp³-hybridized carbons (Fsp3) is 0.500. The van der Waals surface area contributed by atoms with E-state index in [0.717, 1.165) is 19.5 Å². The largest absolute Gasteiger partial charge is 0.349 e. The summed E-state index contributed by atoms with van der Waals surface area (Å²) in [5.41, 5.74) is 3.14. The van der Waals surface area contributed by atoms with Crippen molar-refractivity contribution < 1.29 is 10.2 Å². The van der Waals surface area contributed by atoms with Crippen molar-refractivity contribution in [1.29, 1.82) is 0 Å². The molecule has 0 atom stereocenters. The number of nitrogens with one attached hydrogen (secondary N) is 1. The molecule has 2 aliphatic rings. The van der Waals surface area contributed by atoms with Crippen molar-refractivity contribution in [3.8, 4) is 0 Å². The van der Waals surface area contributed by atoms with Gasteiger partial charge in [0.15, 0.2) is 0 Å². The standard InChI is InChI=1S/C12H16N2O2/c15-12(16,14-5-3-13-4-6-14)11-2-1-9-7-10(9)8-11/h1-2,8,13,15-16H,3-7H2. The minimum absolute atomic E-state index is 0.589. The normalized spacial score (nSPS) is 20.6. The lowest BCUT2D eigenvalue weighted by molar-refractivity contribution is -0.277. The topological polar surface area (TPSA) is 55.7 Å². The summed E-state index contributed by atoms with van der Waals surface area (Å²) >= 11 is 0. The average molecular weight is 220 g/mol. The van der Waals surface area contributed by atoms with Crippen LogP contribution in [-0.2, 0) is 12.3 Å². The molecule has 3 rings (SSSR count). The third-order valence-electron chi connectivity index (χ3n) is 3.41. The maximum Gasteiger partial charge on any atom is 0.253 e. The Kier molecular flexibility index (Phi) is 2.26. The number of rotatable bonds is 2. The Morgan fingerprint density at radius 1 is 1.12 bits per heavy atom. The second kappa shape index (κ2) is 3.53. The van der Waals surface area contributed by atoms with Crippen molar-refractivity contribution in [1.82, 2.24) is 10.2 Å². The number of aliphatic hydroxyl groups is 2. The Hall–Kier alpha value is -0.940. The summed E-state index contributed by atoms with van der Waals surface area (Å²) in [5, 5.41) is 23.6. The van der Waals surface area contributed by atoms with Crippen molar-refractivity contribution in [3.63, 3.8) is 0 Å². The number of fused-ring (bicyclic) bond motifs is 1. The first-order valence-electron chi connectivity index (χ1n) is 5.71. The zero-order chi connectivity index (χ0) is 11.2. The number of hydrogen-bond donors (Lipinski definition) is 3. The van der Waals surface area contributed by atoms with Crippen LogP contribution < -0.4 is 5.32 Å². The van der Waals surface area contributed by atoms with Gasteiger partial charge in [-0.1, -0.05) is 12.1 Å². The van der Waals surface area contributed by atoms with Gasteiger partial charge in [0.2, 0.25) is 0 Å². The molecule has 1 aliphatic carbocycles. The predicted molar refractivity (Wildman–Crippen MR) is 59.8 cm³/mol. The summed E-state index contributed by atoms with van der Waals surface area (Å²) in [6.07, 6.45) is 0.998. The van der Waals surface area contributed by atoms with Crippen LogP contribution in [0.4, 0.5) is 0 Å². The van der Waals surface area contributed by atoms with Gasteiger partial charge in [-0.3, -0.25) is 0 Å². The Balaban J connectivity index is 1.86. The van der Waals surface area contributed by atoms with E-state index in [2.05, 4.69) is 5.32 Å². The molecule has 16 heavy (non-hydrogen) atoms. The Labute approximate surface area is 94.5 Å². The monoisotopic (exact) mass is 220 g/mol. The lowest BCUT2D eigenvalue weighted by Gasteiger charge is -2.37. The lowest BCUT2D eigenvalue weighted by atomic mass is 10.1. The first kappa shape index (κ1) is 10.2. The van der Waals surface area contributed by atoms with Gasteiger partial charge in [-0.2, -0.15) is 0 Å². The molecule has 0 unspecified atom stereocenters. The highest BCUT2D eigenvalue weighted by molar-refractivity contribution is 5.47. The minimum atomic E-state index is -1.82. The molecule has 1 fully saturated rings. The van der Waals surface area contributed by atoms with E-state index in [1.54, 1.807) is 4.90 Å². The van der Waals surface area contributed by atoms with Crippen molar-refractivity contribution in [2.75, 3.05) is 26.2 Å². The number of benzene rings is 1. The molecule has 0 saturated carbocycles. The van der Waals surface area contributed by atoms with Crippen LogP contribution in [-0.4, -0.2) is 41.3 Å². The van der Waals surface area contributed by atoms with Gasteiger partial charge >= 0.3 is 0 Å². The van der Waals surface area contributed by atoms with Crippen LogP contribution in [0.3, 0.4) is 0 Å². The zero-order valence-electron chi connectivity index (χ0n) is 9.11. The fourth-order valence-corrected chi connectivity index (χ4v) is 2.26. The Bertz CT molecular complexity index is 411. The molecule has 86 valence electrons. The molecule has 1 saturated heterocycles. The van der Waals surface area contributed by atoms with Gasteiger partial charge in [0.25, 0.3) is 5.91 Å². The smallest absolute Gasteiger partial charge is 0.253 e. The summed E-state index contributed by atoms with van der Waals surface area (Å²) in [6, 6.07) is 5.69. The summed E-state index contributed by atoms with van der Waals surface area (Å²) < 4.78 is 0. The van der Waals surface area contributed by atoms with E-state index < -0.39 is 5.91 Å². The second-order valence-corrected chi connectivity index (χ2v) is 4.53. The van der Waals surface area contributed by atoms with Crippen LogP contribution in [0.2, 0.25) is 0 Å². The SMILES string of the molecule is OC(O)(c1ccc2c(c1)C2)N1CCNCC1. The highest BCUT2D eigenvalue weighted by Crippen LogP contribution is 2.32. The number of hydrogen-bond acceptors (Lipinski definition) is 4. The Morgan fingerprint density at radius 2 is 1.88 bits per heavy atom. The molecule has 0 radical (unpaired) electrons. The van der Waals surface area contributed by atoms with E-state index in [0.29, 0.717) is 18.7 Å². The predicted octanol–water partition coefficient (Wildman–Crippen LogP) is -0.409. The van der Waals surface area contributed by atoms with E-state index in [1.165, 1.54) is 11.1 Å². The highest BCUT2D eigenvalue weighted by atomic mass is 16.5. The van der Waals surface area contributed by atoms with Crippen LogP contribution in [0.1, 0.15) is 16.7 Å². The minimum Gasteiger partial charge on any atom is -0.349 e. The summed E-state index contributed by atoms with van der Waals surface area (Å²) in [4.78, 5) is 1.70. The van der Waals surface area contributed by atoms with Crippen molar-refractivity contribution in [2.45, 2.75) is 12.3 Å². The molecular formula is C12H16N2O2. The highest BCUT2D eigenvalue weighted by Gasteiger charge is 2.36. The fourth-order valence-electron chi connectivity index (χ4n) is 2.26. The van der Waals surface area contributed by atoms with Gasteiger partial charge in [0.05, 0.1) is 0 Å². The molecule has 1 aromatic rings. The van der Waals surface area contributed by atoms with Gasteiger partial charge in [0, 0.05) is 31.7 Å². The lowest BCUT2D eigenvalue weighted by Crippen LogP contribution is -2.54. The first-order valence-corrected chi connectivity index (χ1v) is 5.71. The van der Waals surface area contributed by atoms with Gasteiger partial charge in [-0.15, -0.1) is 0 Å². The molecule has 0 aromatic heterocycles. The van der Waals surface area contributed by atoms with Crippen LogP contribution in [0, 0.1) is 0 Å². The van der Waals surface area contributed by atoms with E-state index >= 15 is 0 Å². The van der Waals surface area contributed by atoms with Crippen molar-refractivity contribution in [2.24, 2.45) is 0 Å². The molecule has 0 spiro atoms. The molecule has 0 bridgehead atoms. The van der Waals surface area contributed by atoms with E-state index in [-0.39, 0.29) is 0 Å². The van der Waals surface area contributed by atoms with Gasteiger partial charge in [-0.05, 0) is 23.6 Å². The third-order valence-corrected chi connectivity index (χ3v) is 3.41. The van der Waals surface area contributed by atoms with Crippen LogP contribution in [0.5, 0.6) is 0 Å².